The summed E-state index contributed by atoms with van der Waals surface area (Å²) >= 11 is 2.43. The third-order valence-electron chi connectivity index (χ3n) is 4.60. The zero-order valence-electron chi connectivity index (χ0n) is 15.6. The summed E-state index contributed by atoms with van der Waals surface area (Å²) in [7, 11) is 0. The van der Waals surface area contributed by atoms with E-state index >= 15 is 0 Å². The molecule has 4 rings (SSSR count). The van der Waals surface area contributed by atoms with Crippen LogP contribution >= 0.6 is 23.1 Å². The highest BCUT2D eigenvalue weighted by atomic mass is 32.1. The minimum atomic E-state index is -1.10. The molecule has 0 saturated carbocycles. The number of hydrogen-bond donors (Lipinski definition) is 2. The van der Waals surface area contributed by atoms with Crippen molar-refractivity contribution in [1.29, 1.82) is 0 Å². The summed E-state index contributed by atoms with van der Waals surface area (Å²) < 4.78 is 9.35. The van der Waals surface area contributed by atoms with E-state index in [-0.39, 0.29) is 12.1 Å². The number of aromatic nitrogens is 2. The van der Waals surface area contributed by atoms with Crippen LogP contribution in [-0.2, 0) is 16.0 Å². The molecule has 0 aliphatic rings. The Hall–Kier alpha value is -3.43. The minimum Gasteiger partial charge on any atom is -0.363 e. The smallest absolute Gasteiger partial charge is 0.287 e. The number of thiophene rings is 1. The van der Waals surface area contributed by atoms with Gasteiger partial charge in [0.2, 0.25) is 5.78 Å². The number of ketones is 1. The Bertz CT molecular complexity index is 1230. The van der Waals surface area contributed by atoms with Gasteiger partial charge in [0, 0.05) is 16.7 Å². The number of nitrogens with one attached hydrogen (secondary N) is 1. The van der Waals surface area contributed by atoms with Crippen LogP contribution in [0.3, 0.4) is 0 Å². The van der Waals surface area contributed by atoms with Crippen LogP contribution in [0.25, 0.3) is 21.3 Å². The number of Topliss-reactive ketones (excluding diaryl/α,β-unsaturated/α-hetero) is 1. The number of carbonyl (C=O) groups is 3. The third kappa shape index (κ3) is 3.98. The second-order valence-corrected chi connectivity index (χ2v) is 7.98. The molecule has 4 aromatic rings. The van der Waals surface area contributed by atoms with Crippen molar-refractivity contribution in [3.8, 4) is 11.3 Å². The molecule has 2 aromatic carbocycles. The maximum absolute atomic E-state index is 12.9. The van der Waals surface area contributed by atoms with E-state index in [1.165, 1.54) is 11.3 Å². The average Bonchev–Trinajstić information content (AvgIpc) is 3.41. The minimum absolute atomic E-state index is 0.101. The van der Waals surface area contributed by atoms with Crippen molar-refractivity contribution >= 4 is 50.7 Å². The van der Waals surface area contributed by atoms with Gasteiger partial charge in [0.15, 0.2) is 5.69 Å². The van der Waals surface area contributed by atoms with Gasteiger partial charge in [-0.05, 0) is 22.4 Å². The number of carbonyl (C=O) groups excluding carboxylic acids is 3. The van der Waals surface area contributed by atoms with E-state index in [4.69, 9.17) is 5.73 Å². The molecule has 2 amide bonds. The quantitative estimate of drug-likeness (QED) is 0.432. The molecular formula is C21H16N4O3S2. The average molecular weight is 437 g/mol. The van der Waals surface area contributed by atoms with E-state index in [1.807, 2.05) is 60.0 Å². The van der Waals surface area contributed by atoms with E-state index in [2.05, 4.69) is 14.1 Å². The fraction of sp³-hybridized carbons (Fsp3) is 0.0952. The lowest BCUT2D eigenvalue weighted by atomic mass is 10.0. The topological polar surface area (TPSA) is 115 Å². The van der Waals surface area contributed by atoms with Crippen LogP contribution in [0.2, 0.25) is 0 Å². The second kappa shape index (κ2) is 8.52. The van der Waals surface area contributed by atoms with Gasteiger partial charge < -0.3 is 11.1 Å². The van der Waals surface area contributed by atoms with Crippen LogP contribution < -0.4 is 11.1 Å². The highest BCUT2D eigenvalue weighted by Crippen LogP contribution is 2.27. The molecule has 7 nitrogen and oxygen atoms in total. The first-order valence-electron chi connectivity index (χ1n) is 9.02. The van der Waals surface area contributed by atoms with Gasteiger partial charge >= 0.3 is 0 Å². The van der Waals surface area contributed by atoms with Gasteiger partial charge in [-0.25, -0.2) is 0 Å². The van der Waals surface area contributed by atoms with Crippen LogP contribution in [0.4, 0.5) is 0 Å². The lowest BCUT2D eigenvalue weighted by molar-refractivity contribution is -0.137. The summed E-state index contributed by atoms with van der Waals surface area (Å²) in [6.07, 6.45) is 0.149. The monoisotopic (exact) mass is 436 g/mol. The van der Waals surface area contributed by atoms with Crippen LogP contribution in [0.5, 0.6) is 0 Å². The van der Waals surface area contributed by atoms with Gasteiger partial charge in [0.05, 0.1) is 11.7 Å². The highest BCUT2D eigenvalue weighted by molar-refractivity contribution is 7.17. The van der Waals surface area contributed by atoms with Crippen molar-refractivity contribution < 1.29 is 14.4 Å². The van der Waals surface area contributed by atoms with Gasteiger partial charge in [-0.2, -0.15) is 8.75 Å². The predicted molar refractivity (Wildman–Crippen MR) is 116 cm³/mol. The molecule has 2 heterocycles. The van der Waals surface area contributed by atoms with Crippen LogP contribution in [-0.4, -0.2) is 32.4 Å². The van der Waals surface area contributed by atoms with E-state index in [1.54, 1.807) is 0 Å². The summed E-state index contributed by atoms with van der Waals surface area (Å²) in [5.74, 6) is -2.54. The van der Waals surface area contributed by atoms with Crippen LogP contribution in [0.15, 0.2) is 60.0 Å². The fourth-order valence-electron chi connectivity index (χ4n) is 3.14. The molecule has 0 fully saturated rings. The maximum atomic E-state index is 12.9. The van der Waals surface area contributed by atoms with E-state index in [0.29, 0.717) is 5.69 Å². The summed E-state index contributed by atoms with van der Waals surface area (Å²) in [6.45, 7) is 0. The number of primary amides is 1. The number of nitrogens with zero attached hydrogens (tertiary/aromatic N) is 2. The van der Waals surface area contributed by atoms with E-state index in [9.17, 15) is 14.4 Å². The van der Waals surface area contributed by atoms with Gasteiger partial charge in [-0.15, -0.1) is 11.3 Å². The number of nitrogens with two attached hydrogens (primary N) is 1. The molecule has 30 heavy (non-hydrogen) atoms. The number of benzene rings is 2. The van der Waals surface area contributed by atoms with Gasteiger partial charge in [-0.1, -0.05) is 48.5 Å². The lowest BCUT2D eigenvalue weighted by Gasteiger charge is -2.15. The van der Waals surface area contributed by atoms with Crippen molar-refractivity contribution in [3.63, 3.8) is 0 Å². The summed E-state index contributed by atoms with van der Waals surface area (Å²) in [5.41, 5.74) is 7.34. The predicted octanol–water partition coefficient (Wildman–Crippen LogP) is 2.82. The molecule has 3 N–H and O–H groups in total. The highest BCUT2D eigenvalue weighted by Gasteiger charge is 2.29. The zero-order chi connectivity index (χ0) is 21.1. The largest absolute Gasteiger partial charge is 0.363 e. The summed E-state index contributed by atoms with van der Waals surface area (Å²) in [6, 6.07) is 15.8. The SMILES string of the molecule is NC(=O)C(=O)C(Cc1csc2ccccc12)NC(=O)c1nsnc1-c1ccccc1. The van der Waals surface area contributed by atoms with E-state index in [0.717, 1.165) is 32.9 Å². The zero-order valence-corrected chi connectivity index (χ0v) is 17.2. The maximum Gasteiger partial charge on any atom is 0.287 e. The number of hydrogen-bond acceptors (Lipinski definition) is 7. The number of amides is 2. The third-order valence-corrected chi connectivity index (χ3v) is 6.14. The van der Waals surface area contributed by atoms with E-state index < -0.39 is 23.6 Å². The first kappa shape index (κ1) is 19.9. The second-order valence-electron chi connectivity index (χ2n) is 6.54. The van der Waals surface area contributed by atoms with Gasteiger partial charge in [-0.3, -0.25) is 14.4 Å². The Labute approximate surface area is 179 Å². The summed E-state index contributed by atoms with van der Waals surface area (Å²) in [4.78, 5) is 37.0. The standard InChI is InChI=1S/C21H16N4O3S2/c22-20(27)19(26)15(10-13-11-29-16-9-5-4-8-14(13)16)23-21(28)18-17(24-30-25-18)12-6-2-1-3-7-12/h1-9,11,15H,10H2,(H2,22,27)(H,23,28). The molecular weight excluding hydrogens is 420 g/mol. The Morgan fingerprint density at radius 1 is 1.00 bits per heavy atom. The molecule has 150 valence electrons. The molecule has 9 heteroatoms. The molecule has 2 aromatic heterocycles. The molecule has 0 aliphatic carbocycles. The van der Waals surface area contributed by atoms with Crippen LogP contribution in [0, 0.1) is 0 Å². The Balaban J connectivity index is 1.62. The van der Waals surface area contributed by atoms with Crippen molar-refractivity contribution in [1.82, 2.24) is 14.1 Å². The molecule has 0 aliphatic heterocycles. The van der Waals surface area contributed by atoms with Crippen molar-refractivity contribution in [2.75, 3.05) is 0 Å². The first-order valence-corrected chi connectivity index (χ1v) is 10.6. The normalized spacial score (nSPS) is 11.9. The van der Waals surface area contributed by atoms with Crippen molar-refractivity contribution in [3.05, 3.63) is 71.2 Å². The first-order chi connectivity index (χ1) is 14.5. The number of rotatable bonds is 7. The lowest BCUT2D eigenvalue weighted by Crippen LogP contribution is -2.47. The van der Waals surface area contributed by atoms with Crippen LogP contribution in [0.1, 0.15) is 16.1 Å². The Kier molecular flexibility index (Phi) is 5.64. The number of fused-ring (bicyclic) bond motifs is 1. The molecule has 1 atom stereocenters. The molecule has 0 bridgehead atoms. The molecule has 0 spiro atoms. The molecule has 0 radical (unpaired) electrons. The van der Waals surface area contributed by atoms with Crippen molar-refractivity contribution in [2.24, 2.45) is 5.73 Å². The Morgan fingerprint density at radius 2 is 1.73 bits per heavy atom. The molecule has 0 saturated heterocycles. The van der Waals surface area contributed by atoms with Gasteiger partial charge in [0.1, 0.15) is 11.7 Å². The molecule has 1 unspecified atom stereocenters. The van der Waals surface area contributed by atoms with Crippen molar-refractivity contribution in [2.45, 2.75) is 12.5 Å². The fourth-order valence-corrected chi connectivity index (χ4v) is 4.68. The Morgan fingerprint density at radius 3 is 2.50 bits per heavy atom. The van der Waals surface area contributed by atoms with Gasteiger partial charge in [0.25, 0.3) is 11.8 Å². The summed E-state index contributed by atoms with van der Waals surface area (Å²) in [5, 5.41) is 5.52.